The molecule has 7 heteroatoms. The van der Waals surface area contributed by atoms with Gasteiger partial charge < -0.3 is 10.1 Å². The molecule has 1 saturated heterocycles. The summed E-state index contributed by atoms with van der Waals surface area (Å²) >= 11 is 1.53. The first-order chi connectivity index (χ1) is 12.3. The summed E-state index contributed by atoms with van der Waals surface area (Å²) in [5.74, 6) is -0.0160. The fourth-order valence-electron chi connectivity index (χ4n) is 3.05. The van der Waals surface area contributed by atoms with Crippen LogP contribution < -0.4 is 5.32 Å². The lowest BCUT2D eigenvalue weighted by molar-refractivity contribution is 0.0956. The number of carbonyl (C=O) groups is 1. The summed E-state index contributed by atoms with van der Waals surface area (Å²) in [6.45, 7) is 2.16. The summed E-state index contributed by atoms with van der Waals surface area (Å²) in [6, 6.07) is 11.8. The summed E-state index contributed by atoms with van der Waals surface area (Å²) in [4.78, 5) is 14.2. The van der Waals surface area contributed by atoms with Gasteiger partial charge in [-0.05, 0) is 43.5 Å². The Bertz CT molecular complexity index is 867. The van der Waals surface area contributed by atoms with Gasteiger partial charge in [0.1, 0.15) is 5.52 Å². The zero-order valence-electron chi connectivity index (χ0n) is 13.9. The van der Waals surface area contributed by atoms with Crippen LogP contribution in [0, 0.1) is 0 Å². The van der Waals surface area contributed by atoms with Crippen LogP contribution in [0.4, 0.5) is 0 Å². The number of benzene rings is 1. The van der Waals surface area contributed by atoms with Crippen molar-refractivity contribution in [3.05, 3.63) is 46.2 Å². The lowest BCUT2D eigenvalue weighted by Crippen LogP contribution is -2.24. The van der Waals surface area contributed by atoms with Crippen LogP contribution in [0.2, 0.25) is 0 Å². The van der Waals surface area contributed by atoms with Crippen LogP contribution in [0.1, 0.15) is 39.9 Å². The first-order valence-electron chi connectivity index (χ1n) is 8.59. The Kier molecular flexibility index (Phi) is 4.76. The third kappa shape index (κ3) is 3.57. The lowest BCUT2D eigenvalue weighted by Gasteiger charge is -2.06. The van der Waals surface area contributed by atoms with Gasteiger partial charge in [0, 0.05) is 24.6 Å². The van der Waals surface area contributed by atoms with Crippen molar-refractivity contribution in [2.75, 3.05) is 13.2 Å². The summed E-state index contributed by atoms with van der Waals surface area (Å²) in [7, 11) is 0. The van der Waals surface area contributed by atoms with Gasteiger partial charge in [-0.1, -0.05) is 17.3 Å². The van der Waals surface area contributed by atoms with E-state index in [9.17, 15) is 4.79 Å². The molecule has 2 aromatic heterocycles. The quantitative estimate of drug-likeness (QED) is 0.689. The van der Waals surface area contributed by atoms with Crippen LogP contribution in [-0.4, -0.2) is 34.1 Å². The molecule has 25 heavy (non-hydrogen) atoms. The number of para-hydroxylation sites is 1. The molecule has 1 amide bonds. The number of ether oxygens (including phenoxy) is 1. The van der Waals surface area contributed by atoms with Gasteiger partial charge in [-0.25, -0.2) is 4.68 Å². The smallest absolute Gasteiger partial charge is 0.261 e. The fourth-order valence-corrected chi connectivity index (χ4v) is 4.06. The summed E-state index contributed by atoms with van der Waals surface area (Å²) in [5, 5.41) is 11.3. The van der Waals surface area contributed by atoms with E-state index in [0.29, 0.717) is 6.54 Å². The molecule has 1 N–H and O–H groups in total. The molecule has 4 rings (SSSR count). The number of nitrogens with one attached hydrogen (secondary N) is 1. The predicted molar refractivity (Wildman–Crippen MR) is 96.7 cm³/mol. The molecular formula is C18H20N4O2S. The van der Waals surface area contributed by atoms with Crippen molar-refractivity contribution in [3.63, 3.8) is 0 Å². The number of aromatic nitrogens is 3. The van der Waals surface area contributed by atoms with Gasteiger partial charge in [0.05, 0.1) is 16.5 Å². The minimum atomic E-state index is -0.0160. The zero-order chi connectivity index (χ0) is 17.1. The normalized spacial score (nSPS) is 17.2. The second-order valence-corrected chi connectivity index (χ2v) is 7.23. The molecule has 6 nitrogen and oxygen atoms in total. The van der Waals surface area contributed by atoms with Gasteiger partial charge in [0.15, 0.2) is 0 Å². The van der Waals surface area contributed by atoms with Crippen LogP contribution in [0.3, 0.4) is 0 Å². The number of hydrogen-bond acceptors (Lipinski definition) is 5. The monoisotopic (exact) mass is 356 g/mol. The number of aryl methyl sites for hydroxylation is 1. The largest absolute Gasteiger partial charge is 0.373 e. The van der Waals surface area contributed by atoms with Crippen LogP contribution in [0.5, 0.6) is 0 Å². The molecule has 1 atom stereocenters. The molecule has 3 aromatic rings. The van der Waals surface area contributed by atoms with E-state index in [-0.39, 0.29) is 12.0 Å². The fraction of sp³-hybridized carbons (Fsp3) is 0.389. The van der Waals surface area contributed by atoms with Crippen molar-refractivity contribution >= 4 is 28.3 Å². The van der Waals surface area contributed by atoms with E-state index in [4.69, 9.17) is 4.74 Å². The highest BCUT2D eigenvalue weighted by Crippen LogP contribution is 2.33. The Hall–Kier alpha value is -2.25. The number of amides is 1. The van der Waals surface area contributed by atoms with E-state index in [0.717, 1.165) is 53.2 Å². The number of fused-ring (bicyclic) bond motifs is 1. The van der Waals surface area contributed by atoms with Gasteiger partial charge in [-0.3, -0.25) is 4.79 Å². The molecule has 0 bridgehead atoms. The average molecular weight is 356 g/mol. The van der Waals surface area contributed by atoms with Crippen molar-refractivity contribution < 1.29 is 9.53 Å². The Morgan fingerprint density at radius 2 is 2.24 bits per heavy atom. The zero-order valence-corrected chi connectivity index (χ0v) is 14.7. The highest BCUT2D eigenvalue weighted by Gasteiger charge is 2.20. The third-order valence-electron chi connectivity index (χ3n) is 4.35. The lowest BCUT2D eigenvalue weighted by atomic mass is 10.2. The van der Waals surface area contributed by atoms with Gasteiger partial charge in [-0.15, -0.1) is 16.4 Å². The molecule has 0 aliphatic carbocycles. The number of nitrogens with zero attached hydrogens (tertiary/aromatic N) is 3. The molecule has 130 valence electrons. The number of rotatable bonds is 6. The van der Waals surface area contributed by atoms with Gasteiger partial charge in [-0.2, -0.15) is 0 Å². The van der Waals surface area contributed by atoms with Gasteiger partial charge in [0.2, 0.25) is 0 Å². The van der Waals surface area contributed by atoms with Crippen molar-refractivity contribution in [1.82, 2.24) is 20.3 Å². The number of hydrogen-bond donors (Lipinski definition) is 1. The van der Waals surface area contributed by atoms with Crippen molar-refractivity contribution in [2.24, 2.45) is 0 Å². The van der Waals surface area contributed by atoms with Gasteiger partial charge in [0.25, 0.3) is 5.91 Å². The maximum Gasteiger partial charge on any atom is 0.261 e. The molecule has 0 unspecified atom stereocenters. The second-order valence-electron chi connectivity index (χ2n) is 6.11. The van der Waals surface area contributed by atoms with Crippen LogP contribution >= 0.6 is 11.3 Å². The van der Waals surface area contributed by atoms with E-state index in [1.165, 1.54) is 11.3 Å². The molecule has 3 heterocycles. The summed E-state index contributed by atoms with van der Waals surface area (Å²) < 4.78 is 7.55. The van der Waals surface area contributed by atoms with Crippen LogP contribution in [0.15, 0.2) is 36.4 Å². The minimum absolute atomic E-state index is 0.0160. The van der Waals surface area contributed by atoms with Crippen molar-refractivity contribution in [2.45, 2.75) is 31.9 Å². The van der Waals surface area contributed by atoms with E-state index in [1.807, 2.05) is 41.1 Å². The van der Waals surface area contributed by atoms with E-state index in [1.54, 1.807) is 0 Å². The van der Waals surface area contributed by atoms with E-state index >= 15 is 0 Å². The summed E-state index contributed by atoms with van der Waals surface area (Å²) in [5.41, 5.74) is 1.92. The molecule has 1 aliphatic heterocycles. The van der Waals surface area contributed by atoms with Gasteiger partial charge >= 0.3 is 0 Å². The predicted octanol–water partition coefficient (Wildman–Crippen LogP) is 3.16. The van der Waals surface area contributed by atoms with Crippen LogP contribution in [0.25, 0.3) is 11.0 Å². The third-order valence-corrected chi connectivity index (χ3v) is 5.53. The average Bonchev–Trinajstić information content (AvgIpc) is 3.38. The molecule has 1 aliphatic rings. The maximum atomic E-state index is 12.3. The summed E-state index contributed by atoms with van der Waals surface area (Å²) in [6.07, 6.45) is 3.13. The van der Waals surface area contributed by atoms with Crippen LogP contribution in [-0.2, 0) is 11.3 Å². The highest BCUT2D eigenvalue weighted by molar-refractivity contribution is 7.14. The molecule has 0 spiro atoms. The van der Waals surface area contributed by atoms with E-state index < -0.39 is 0 Å². The Balaban J connectivity index is 1.27. The van der Waals surface area contributed by atoms with E-state index in [2.05, 4.69) is 15.6 Å². The second kappa shape index (κ2) is 7.33. The van der Waals surface area contributed by atoms with Crippen molar-refractivity contribution in [3.8, 4) is 0 Å². The first kappa shape index (κ1) is 16.2. The standard InChI is InChI=1S/C18H20N4O2S/c23-18(17-9-8-16(25-17)15-7-3-12-24-15)19-10-4-11-22-14-6-2-1-5-13(14)20-21-22/h1-2,5-6,8-9,15H,3-4,7,10-12H2,(H,19,23)/t15-/m0/s1. The Labute approximate surface area is 149 Å². The molecular weight excluding hydrogens is 336 g/mol. The Morgan fingerprint density at radius 3 is 3.12 bits per heavy atom. The Morgan fingerprint density at radius 1 is 1.32 bits per heavy atom. The molecule has 1 fully saturated rings. The SMILES string of the molecule is O=C(NCCCn1nnc2ccccc21)c1ccc([C@@H]2CCCO2)s1. The molecule has 1 aromatic carbocycles. The number of carbonyl (C=O) groups excluding carboxylic acids is 1. The minimum Gasteiger partial charge on any atom is -0.373 e. The molecule has 0 radical (unpaired) electrons. The molecule has 0 saturated carbocycles. The first-order valence-corrected chi connectivity index (χ1v) is 9.41. The highest BCUT2D eigenvalue weighted by atomic mass is 32.1. The topological polar surface area (TPSA) is 69.0 Å². The van der Waals surface area contributed by atoms with Crippen molar-refractivity contribution in [1.29, 1.82) is 0 Å². The number of thiophene rings is 1. The maximum absolute atomic E-state index is 12.3.